The molecule has 282 valence electrons. The molecule has 6 nitrogen and oxygen atoms in total. The normalized spacial score (nSPS) is 41.3. The van der Waals surface area contributed by atoms with Crippen molar-refractivity contribution in [2.75, 3.05) is 51.3 Å². The van der Waals surface area contributed by atoms with Crippen LogP contribution < -0.4 is 5.32 Å². The van der Waals surface area contributed by atoms with E-state index in [4.69, 9.17) is 4.74 Å². The zero-order chi connectivity index (χ0) is 36.6. The number of hydrogen-bond donors (Lipinski definition) is 1. The number of esters is 1. The molecule has 51 heavy (non-hydrogen) atoms. The van der Waals surface area contributed by atoms with Crippen molar-refractivity contribution >= 4 is 21.4 Å². The van der Waals surface area contributed by atoms with Gasteiger partial charge in [-0.1, -0.05) is 65.0 Å². The summed E-state index contributed by atoms with van der Waals surface area (Å²) in [6.45, 7) is 24.6. The Morgan fingerprint density at radius 3 is 2.33 bits per heavy atom. The molecule has 4 saturated carbocycles. The fourth-order valence-corrected chi connectivity index (χ4v) is 15.4. The highest BCUT2D eigenvalue weighted by Crippen LogP contribution is 2.77. The molecule has 5 fully saturated rings. The molecule has 1 aromatic carbocycles. The van der Waals surface area contributed by atoms with E-state index in [9.17, 15) is 13.2 Å². The van der Waals surface area contributed by atoms with Crippen molar-refractivity contribution < 1.29 is 17.9 Å². The van der Waals surface area contributed by atoms with Gasteiger partial charge in [0.2, 0.25) is 0 Å². The molecule has 0 aromatic heterocycles. The maximum absolute atomic E-state index is 12.1. The summed E-state index contributed by atoms with van der Waals surface area (Å²) in [5.74, 6) is 3.93. The first-order valence-corrected chi connectivity index (χ1v) is 22.1. The molecule has 7 rings (SSSR count). The first-order chi connectivity index (χ1) is 24.0. The van der Waals surface area contributed by atoms with Gasteiger partial charge in [0.25, 0.3) is 9.84 Å². The Morgan fingerprint density at radius 2 is 1.67 bits per heavy atom. The summed E-state index contributed by atoms with van der Waals surface area (Å²) in [6.07, 6.45) is 14.2. The maximum Gasteiger partial charge on any atom is 0.337 e. The van der Waals surface area contributed by atoms with Crippen LogP contribution in [-0.4, -0.2) is 70.6 Å². The first kappa shape index (κ1) is 37.4. The summed E-state index contributed by atoms with van der Waals surface area (Å²) in [4.78, 5) is 14.5. The predicted octanol–water partition coefficient (Wildman–Crippen LogP) is 8.60. The standard InChI is InChI=1S/C44H66N2O4S/c1-30(2)33-15-20-44(29-45-23-24-46-25-27-51(48,49)28-26-46)22-21-42(6)35(38(33)44)13-14-37-41(5)18-16-34(31-9-11-32(12-10-31)39(47)50-8)40(3,4)36(41)17-19-43(37,42)7/h9-12,16,33,35-38,45H,1,13-15,17-29H2,2-8H3/p+1/t33?,35-,36+,37-,38-,41+,42-,43-,44?/m1/s1. The van der Waals surface area contributed by atoms with Crippen LogP contribution in [0.15, 0.2) is 42.5 Å². The van der Waals surface area contributed by atoms with Crippen LogP contribution in [0.3, 0.4) is 0 Å². The lowest BCUT2D eigenvalue weighted by molar-refractivity contribution is -0.225. The van der Waals surface area contributed by atoms with Crippen molar-refractivity contribution in [2.24, 2.45) is 56.7 Å². The number of methoxy groups -OCH3 is 1. The average Bonchev–Trinajstić information content (AvgIpc) is 3.47. The van der Waals surface area contributed by atoms with E-state index in [1.165, 1.54) is 75.2 Å². The van der Waals surface area contributed by atoms with Gasteiger partial charge >= 0.3 is 5.97 Å². The Balaban J connectivity index is 1.12. The number of allylic oxidation sites excluding steroid dienone is 3. The molecular formula is C44H67N2O4S+. The van der Waals surface area contributed by atoms with E-state index in [0.29, 0.717) is 57.0 Å². The molecule has 1 aromatic rings. The van der Waals surface area contributed by atoms with E-state index in [0.717, 1.165) is 45.1 Å². The topological polar surface area (TPSA) is 80.0 Å². The highest BCUT2D eigenvalue weighted by Gasteiger charge is 2.70. The molecule has 7 heteroatoms. The van der Waals surface area contributed by atoms with Crippen molar-refractivity contribution in [3.63, 3.8) is 0 Å². The molecule has 9 atom stereocenters. The molecular weight excluding hydrogens is 653 g/mol. The van der Waals surface area contributed by atoms with Gasteiger partial charge in [0.15, 0.2) is 0 Å². The number of carbonyl (C=O) groups is 1. The van der Waals surface area contributed by atoms with Crippen molar-refractivity contribution in [1.29, 1.82) is 0 Å². The molecule has 0 bridgehead atoms. The lowest BCUT2D eigenvalue weighted by Gasteiger charge is -2.72. The number of benzene rings is 1. The maximum atomic E-state index is 12.1. The largest absolute Gasteiger partial charge is 0.465 e. The molecule has 1 heterocycles. The molecule has 2 N–H and O–H groups in total. The van der Waals surface area contributed by atoms with Crippen LogP contribution in [0.5, 0.6) is 0 Å². The van der Waals surface area contributed by atoms with Gasteiger partial charge in [-0.15, -0.1) is 0 Å². The van der Waals surface area contributed by atoms with Gasteiger partial charge in [0.1, 0.15) is 11.5 Å². The van der Waals surface area contributed by atoms with Gasteiger partial charge in [0.05, 0.1) is 12.7 Å². The third kappa shape index (κ3) is 5.93. The quantitative estimate of drug-likeness (QED) is 0.126. The van der Waals surface area contributed by atoms with Gasteiger partial charge in [-0.05, 0) is 145 Å². The third-order valence-electron chi connectivity index (χ3n) is 17.0. The summed E-state index contributed by atoms with van der Waals surface area (Å²) in [6, 6.07) is 8.12. The van der Waals surface area contributed by atoms with Crippen LogP contribution >= 0.6 is 0 Å². The van der Waals surface area contributed by atoms with Gasteiger partial charge in [-0.25, -0.2) is 9.00 Å². The molecule has 0 spiro atoms. The minimum atomic E-state index is -2.59. The first-order valence-electron chi connectivity index (χ1n) is 20.2. The molecule has 1 saturated heterocycles. The highest BCUT2D eigenvalue weighted by atomic mass is 32.2. The molecule has 1 aliphatic heterocycles. The van der Waals surface area contributed by atoms with E-state index < -0.39 is 9.84 Å². The Bertz CT molecular complexity index is 1650. The summed E-state index contributed by atoms with van der Waals surface area (Å²) >= 11 is 0. The second kappa shape index (κ2) is 13.1. The van der Waals surface area contributed by atoms with E-state index >= 15 is 0 Å². The number of carbonyl (C=O) groups excluding carboxylic acids is 1. The summed E-state index contributed by atoms with van der Waals surface area (Å²) in [5, 5.41) is 3.97. The number of ether oxygens (including phenoxy) is 1. The average molecular weight is 720 g/mol. The van der Waals surface area contributed by atoms with Crippen LogP contribution in [0.4, 0.5) is 0 Å². The minimum Gasteiger partial charge on any atom is -0.465 e. The van der Waals surface area contributed by atoms with Gasteiger partial charge < -0.3 is 10.1 Å². The van der Waals surface area contributed by atoms with Crippen LogP contribution in [0.25, 0.3) is 5.57 Å². The van der Waals surface area contributed by atoms with Crippen LogP contribution in [0.2, 0.25) is 0 Å². The number of hydrogen-bond acceptors (Lipinski definition) is 5. The second-order valence-corrected chi connectivity index (χ2v) is 21.7. The molecule has 0 amide bonds. The molecule has 5 aliphatic carbocycles. The Kier molecular flexibility index (Phi) is 9.60. The number of nitrogens with one attached hydrogen (secondary N) is 1. The minimum absolute atomic E-state index is 0.0499. The molecule has 6 aliphatic rings. The number of fused-ring (bicyclic) bond motifs is 7. The smallest absolute Gasteiger partial charge is 0.337 e. The molecule has 2 unspecified atom stereocenters. The third-order valence-corrected chi connectivity index (χ3v) is 18.6. The predicted molar refractivity (Wildman–Crippen MR) is 209 cm³/mol. The van der Waals surface area contributed by atoms with Crippen molar-refractivity contribution in [3.8, 4) is 0 Å². The summed E-state index contributed by atoms with van der Waals surface area (Å²) in [7, 11) is -1.15. The van der Waals surface area contributed by atoms with Crippen LogP contribution in [0, 0.1) is 56.7 Å². The van der Waals surface area contributed by atoms with Crippen LogP contribution in [-0.2, 0) is 14.6 Å². The fourth-order valence-electron chi connectivity index (χ4n) is 14.1. The number of nitrogens with zero attached hydrogens (tertiary/aromatic N) is 1. The number of rotatable bonds is 8. The van der Waals surface area contributed by atoms with Gasteiger partial charge in [0, 0.05) is 32.7 Å². The van der Waals surface area contributed by atoms with E-state index in [2.05, 4.69) is 76.5 Å². The Morgan fingerprint density at radius 1 is 0.961 bits per heavy atom. The lowest BCUT2D eigenvalue weighted by atomic mass is 9.32. The fraction of sp³-hybridized carbons (Fsp3) is 0.750. The van der Waals surface area contributed by atoms with Crippen LogP contribution in [0.1, 0.15) is 115 Å². The Labute approximate surface area is 309 Å². The Hall–Kier alpha value is -1.96. The van der Waals surface area contributed by atoms with Gasteiger partial charge in [-0.3, -0.25) is 4.90 Å². The highest BCUT2D eigenvalue weighted by molar-refractivity contribution is 7.91. The zero-order valence-electron chi connectivity index (χ0n) is 32.8. The summed E-state index contributed by atoms with van der Waals surface area (Å²) < 4.78 is 27.0. The zero-order valence-corrected chi connectivity index (χ0v) is 33.6. The lowest BCUT2D eigenvalue weighted by Crippen LogP contribution is -2.65. The molecule has 0 radical (unpaired) electrons. The SMILES string of the molecule is C=C(C)C1CCC2(CNCCN3CCS(=O)(=[OH+])CC3)CC[C@]3(C)[C@H](CC[C@@H]4[C@@]5(C)CC=C(c6ccc(C(=O)OC)cc6)C(C)(C)[C@@H]5CC[C@]43C)[C@@H]12. The van der Waals surface area contributed by atoms with Gasteiger partial charge in [-0.2, -0.15) is 4.21 Å². The van der Waals surface area contributed by atoms with Crippen molar-refractivity contribution in [1.82, 2.24) is 10.2 Å². The monoisotopic (exact) mass is 719 g/mol. The second-order valence-electron chi connectivity index (χ2n) is 19.4. The van der Waals surface area contributed by atoms with Crippen molar-refractivity contribution in [3.05, 3.63) is 53.6 Å². The van der Waals surface area contributed by atoms with Crippen molar-refractivity contribution in [2.45, 2.75) is 99.3 Å². The summed E-state index contributed by atoms with van der Waals surface area (Å²) in [5.41, 5.74) is 5.99. The van der Waals surface area contributed by atoms with E-state index in [-0.39, 0.29) is 16.8 Å². The van der Waals surface area contributed by atoms with E-state index in [1.807, 2.05) is 12.1 Å². The van der Waals surface area contributed by atoms with E-state index in [1.54, 1.807) is 0 Å².